The number of thiophene rings is 1. The Hall–Kier alpha value is -2.58. The van der Waals surface area contributed by atoms with Gasteiger partial charge in [0, 0.05) is 29.1 Å². The van der Waals surface area contributed by atoms with Crippen LogP contribution in [0, 0.1) is 17.0 Å². The van der Waals surface area contributed by atoms with Crippen LogP contribution in [0.2, 0.25) is 0 Å². The van der Waals surface area contributed by atoms with Crippen molar-refractivity contribution in [2.24, 2.45) is 0 Å². The third kappa shape index (κ3) is 3.34. The normalized spacial score (nSPS) is 10.5. The number of rotatable bonds is 5. The third-order valence-electron chi connectivity index (χ3n) is 3.40. The molecule has 2 aromatic heterocycles. The Kier molecular flexibility index (Phi) is 4.68. The first-order chi connectivity index (χ1) is 11.6. The number of hydrogen-bond donors (Lipinski definition) is 1. The van der Waals surface area contributed by atoms with Gasteiger partial charge in [-0.3, -0.25) is 14.9 Å². The van der Waals surface area contributed by atoms with E-state index in [4.69, 9.17) is 0 Å². The lowest BCUT2D eigenvalue weighted by atomic mass is 10.2. The van der Waals surface area contributed by atoms with Crippen LogP contribution < -0.4 is 5.32 Å². The molecular weight excluding hydrogens is 346 g/mol. The highest BCUT2D eigenvalue weighted by Gasteiger charge is 2.18. The quantitative estimate of drug-likeness (QED) is 0.551. The molecule has 0 fully saturated rings. The van der Waals surface area contributed by atoms with Gasteiger partial charge in [0.05, 0.1) is 10.6 Å². The first-order valence-corrected chi connectivity index (χ1v) is 8.82. The maximum Gasteiger partial charge on any atom is 0.274 e. The molecule has 0 saturated carbocycles. The predicted molar refractivity (Wildman–Crippen MR) is 94.4 cm³/mol. The van der Waals surface area contributed by atoms with Crippen LogP contribution in [-0.4, -0.2) is 15.8 Å². The summed E-state index contributed by atoms with van der Waals surface area (Å²) in [4.78, 5) is 27.9. The first-order valence-electron chi connectivity index (χ1n) is 7.06. The summed E-state index contributed by atoms with van der Waals surface area (Å²) >= 11 is 2.89. The molecule has 0 saturated heterocycles. The zero-order chi connectivity index (χ0) is 17.1. The molecule has 0 bridgehead atoms. The summed E-state index contributed by atoms with van der Waals surface area (Å²) in [6.45, 7) is 1.88. The van der Waals surface area contributed by atoms with E-state index in [2.05, 4.69) is 10.3 Å². The molecule has 0 unspecified atom stereocenters. The number of amides is 1. The fourth-order valence-electron chi connectivity index (χ4n) is 2.21. The van der Waals surface area contributed by atoms with Gasteiger partial charge < -0.3 is 5.32 Å². The molecule has 0 aliphatic carbocycles. The van der Waals surface area contributed by atoms with Crippen molar-refractivity contribution in [3.63, 3.8) is 0 Å². The molecule has 6 nitrogen and oxygen atoms in total. The fraction of sp³-hybridized carbons (Fsp3) is 0.125. The van der Waals surface area contributed by atoms with Gasteiger partial charge >= 0.3 is 0 Å². The minimum Gasteiger partial charge on any atom is -0.347 e. The van der Waals surface area contributed by atoms with Crippen molar-refractivity contribution in [1.29, 1.82) is 0 Å². The summed E-state index contributed by atoms with van der Waals surface area (Å²) in [6.07, 6.45) is 0. The molecule has 122 valence electrons. The second-order valence-corrected chi connectivity index (χ2v) is 6.79. The van der Waals surface area contributed by atoms with E-state index in [-0.39, 0.29) is 18.1 Å². The minimum atomic E-state index is -0.450. The van der Waals surface area contributed by atoms with Gasteiger partial charge in [-0.25, -0.2) is 4.98 Å². The maximum atomic E-state index is 12.4. The molecular formula is C16H13N3O3S2. The lowest BCUT2D eigenvalue weighted by molar-refractivity contribution is -0.385. The van der Waals surface area contributed by atoms with Crippen molar-refractivity contribution < 1.29 is 9.72 Å². The summed E-state index contributed by atoms with van der Waals surface area (Å²) in [5, 5.41) is 18.5. The molecule has 1 aromatic carbocycles. The van der Waals surface area contributed by atoms with Crippen LogP contribution in [0.15, 0.2) is 41.1 Å². The maximum absolute atomic E-state index is 12.4. The number of nitrogens with one attached hydrogen (secondary N) is 1. The largest absolute Gasteiger partial charge is 0.347 e. The molecule has 1 N–H and O–H groups in total. The fourth-order valence-corrected chi connectivity index (χ4v) is 3.91. The Bertz CT molecular complexity index is 888. The average Bonchev–Trinajstić information content (AvgIpc) is 3.22. The highest BCUT2D eigenvalue weighted by molar-refractivity contribution is 7.17. The van der Waals surface area contributed by atoms with Gasteiger partial charge in [0.2, 0.25) is 0 Å². The Morgan fingerprint density at radius 3 is 2.83 bits per heavy atom. The molecule has 0 atom stereocenters. The third-order valence-corrected chi connectivity index (χ3v) is 5.29. The lowest BCUT2D eigenvalue weighted by Gasteiger charge is -2.05. The van der Waals surface area contributed by atoms with Crippen LogP contribution in [0.4, 0.5) is 5.69 Å². The van der Waals surface area contributed by atoms with Crippen LogP contribution >= 0.6 is 22.7 Å². The number of nitro groups is 1. The van der Waals surface area contributed by atoms with E-state index in [0.29, 0.717) is 16.1 Å². The van der Waals surface area contributed by atoms with Gasteiger partial charge in [-0.15, -0.1) is 11.3 Å². The second-order valence-electron chi connectivity index (χ2n) is 5.01. The molecule has 2 heterocycles. The summed E-state index contributed by atoms with van der Waals surface area (Å²) in [5.41, 5.74) is 2.11. The standard InChI is InChI=1S/C16H13N3O3S2/c1-10-14(24-16(18-10)12-6-7-23-9-12)15(20)17-8-11-4-2-3-5-13(11)19(21)22/h2-7,9H,8H2,1H3,(H,17,20). The van der Waals surface area contributed by atoms with Crippen molar-refractivity contribution in [2.45, 2.75) is 13.5 Å². The van der Waals surface area contributed by atoms with E-state index in [9.17, 15) is 14.9 Å². The van der Waals surface area contributed by atoms with Crippen molar-refractivity contribution in [2.75, 3.05) is 0 Å². The van der Waals surface area contributed by atoms with Gasteiger partial charge in [-0.2, -0.15) is 11.3 Å². The van der Waals surface area contributed by atoms with Gasteiger partial charge in [0.15, 0.2) is 0 Å². The number of nitro benzene ring substituents is 1. The van der Waals surface area contributed by atoms with Gasteiger partial charge in [-0.1, -0.05) is 18.2 Å². The zero-order valence-electron chi connectivity index (χ0n) is 12.7. The van der Waals surface area contributed by atoms with E-state index in [1.165, 1.54) is 17.4 Å². The van der Waals surface area contributed by atoms with E-state index in [1.54, 1.807) is 36.5 Å². The average molecular weight is 359 g/mol. The van der Waals surface area contributed by atoms with Crippen molar-refractivity contribution >= 4 is 34.3 Å². The first kappa shape index (κ1) is 16.3. The molecule has 0 aliphatic rings. The number of benzene rings is 1. The Labute approximate surface area is 146 Å². The van der Waals surface area contributed by atoms with Crippen molar-refractivity contribution in [3.8, 4) is 10.6 Å². The van der Waals surface area contributed by atoms with Crippen LogP contribution in [0.5, 0.6) is 0 Å². The summed E-state index contributed by atoms with van der Waals surface area (Å²) < 4.78 is 0. The Morgan fingerprint density at radius 1 is 1.33 bits per heavy atom. The van der Waals surface area contributed by atoms with Gasteiger partial charge in [0.25, 0.3) is 11.6 Å². The highest BCUT2D eigenvalue weighted by Crippen LogP contribution is 2.29. The summed E-state index contributed by atoms with van der Waals surface area (Å²) in [6, 6.07) is 8.33. The van der Waals surface area contributed by atoms with E-state index < -0.39 is 4.92 Å². The van der Waals surface area contributed by atoms with Gasteiger partial charge in [-0.05, 0) is 18.4 Å². The Morgan fingerprint density at radius 2 is 2.12 bits per heavy atom. The molecule has 3 aromatic rings. The minimum absolute atomic E-state index is 0.00205. The van der Waals surface area contributed by atoms with Crippen molar-refractivity contribution in [1.82, 2.24) is 10.3 Å². The van der Waals surface area contributed by atoms with Gasteiger partial charge in [0.1, 0.15) is 9.88 Å². The number of hydrogen-bond acceptors (Lipinski definition) is 6. The highest BCUT2D eigenvalue weighted by atomic mass is 32.1. The molecule has 0 radical (unpaired) electrons. The monoisotopic (exact) mass is 359 g/mol. The number of thiazole rings is 1. The molecule has 1 amide bonds. The van der Waals surface area contributed by atoms with Crippen LogP contribution in [0.3, 0.4) is 0 Å². The van der Waals surface area contributed by atoms with E-state index in [1.807, 2.05) is 16.8 Å². The molecule has 8 heteroatoms. The van der Waals surface area contributed by atoms with Crippen LogP contribution in [0.1, 0.15) is 20.9 Å². The molecule has 3 rings (SSSR count). The smallest absolute Gasteiger partial charge is 0.274 e. The zero-order valence-corrected chi connectivity index (χ0v) is 14.3. The number of para-hydroxylation sites is 1. The topological polar surface area (TPSA) is 85.1 Å². The summed E-state index contributed by atoms with van der Waals surface area (Å²) in [7, 11) is 0. The number of nitrogens with zero attached hydrogens (tertiary/aromatic N) is 2. The molecule has 24 heavy (non-hydrogen) atoms. The second kappa shape index (κ2) is 6.90. The Balaban J connectivity index is 1.76. The van der Waals surface area contributed by atoms with Crippen LogP contribution in [0.25, 0.3) is 10.6 Å². The summed E-state index contributed by atoms with van der Waals surface area (Å²) in [5.74, 6) is -0.273. The number of carbonyl (C=O) groups excluding carboxylic acids is 1. The SMILES string of the molecule is Cc1nc(-c2ccsc2)sc1C(=O)NCc1ccccc1[N+](=O)[O-]. The van der Waals surface area contributed by atoms with E-state index in [0.717, 1.165) is 10.6 Å². The number of carbonyl (C=O) groups is 1. The predicted octanol–water partition coefficient (Wildman–Crippen LogP) is 4.02. The van der Waals surface area contributed by atoms with Crippen molar-refractivity contribution in [3.05, 3.63) is 67.3 Å². The molecule has 0 aliphatic heterocycles. The number of aromatic nitrogens is 1. The van der Waals surface area contributed by atoms with Crippen LogP contribution in [-0.2, 0) is 6.54 Å². The lowest BCUT2D eigenvalue weighted by Crippen LogP contribution is -2.23. The van der Waals surface area contributed by atoms with E-state index >= 15 is 0 Å². The molecule has 0 spiro atoms. The number of aryl methyl sites for hydroxylation is 1.